The number of primary amides is 1. The zero-order chi connectivity index (χ0) is 14.1. The molecule has 0 aromatic carbocycles. The Balaban J connectivity index is 0.00000361. The number of halogens is 1. The van der Waals surface area contributed by atoms with Crippen LogP contribution in [0.2, 0.25) is 0 Å². The van der Waals surface area contributed by atoms with Crippen LogP contribution in [-0.4, -0.2) is 32.1 Å². The molecule has 1 aromatic rings. The molecule has 0 spiro atoms. The van der Waals surface area contributed by atoms with Crippen LogP contribution in [0.25, 0.3) is 0 Å². The average Bonchev–Trinajstić information content (AvgIpc) is 2.87. The Labute approximate surface area is 128 Å². The molecule has 0 aliphatic rings. The number of hydrogen-bond acceptors (Lipinski definition) is 4. The van der Waals surface area contributed by atoms with E-state index in [9.17, 15) is 9.59 Å². The van der Waals surface area contributed by atoms with Gasteiger partial charge in [0.1, 0.15) is 0 Å². The van der Waals surface area contributed by atoms with E-state index in [-0.39, 0.29) is 30.8 Å². The Kier molecular flexibility index (Phi) is 9.79. The van der Waals surface area contributed by atoms with E-state index in [0.717, 1.165) is 17.8 Å². The van der Waals surface area contributed by atoms with E-state index in [2.05, 4.69) is 16.0 Å². The Bertz CT molecular complexity index is 400. The maximum absolute atomic E-state index is 11.8. The minimum atomic E-state index is -0.624. The smallest absolute Gasteiger partial charge is 0.312 e. The fourth-order valence-corrected chi connectivity index (χ4v) is 2.41. The van der Waals surface area contributed by atoms with E-state index < -0.39 is 6.03 Å². The number of rotatable bonds is 8. The molecule has 3 amide bonds. The lowest BCUT2D eigenvalue weighted by Gasteiger charge is -2.15. The first-order valence-electron chi connectivity index (χ1n) is 6.14. The van der Waals surface area contributed by atoms with Crippen LogP contribution in [0.3, 0.4) is 0 Å². The lowest BCUT2D eigenvalue weighted by atomic mass is 10.1. The molecule has 1 rings (SSSR count). The third-order valence-electron chi connectivity index (χ3n) is 2.52. The van der Waals surface area contributed by atoms with Gasteiger partial charge in [-0.3, -0.25) is 4.79 Å². The molecule has 6 nitrogen and oxygen atoms in total. The van der Waals surface area contributed by atoms with Crippen LogP contribution in [0, 0.1) is 0 Å². The highest BCUT2D eigenvalue weighted by atomic mass is 35.5. The quantitative estimate of drug-likeness (QED) is 0.538. The van der Waals surface area contributed by atoms with Crippen molar-refractivity contribution < 1.29 is 9.59 Å². The van der Waals surface area contributed by atoms with Crippen molar-refractivity contribution >= 4 is 35.7 Å². The molecule has 1 atom stereocenters. The van der Waals surface area contributed by atoms with Gasteiger partial charge in [0, 0.05) is 11.4 Å². The SMILES string of the molecule is CNCCCNC(=O)CC(NC(N)=O)c1cccs1.Cl. The van der Waals surface area contributed by atoms with Crippen LogP contribution >= 0.6 is 23.7 Å². The fourth-order valence-electron chi connectivity index (χ4n) is 1.63. The lowest BCUT2D eigenvalue weighted by molar-refractivity contribution is -0.121. The molecule has 8 heteroatoms. The summed E-state index contributed by atoms with van der Waals surface area (Å²) >= 11 is 1.49. The van der Waals surface area contributed by atoms with Crippen molar-refractivity contribution in [1.29, 1.82) is 0 Å². The second-order valence-electron chi connectivity index (χ2n) is 4.09. The van der Waals surface area contributed by atoms with Crippen LogP contribution in [0.5, 0.6) is 0 Å². The summed E-state index contributed by atoms with van der Waals surface area (Å²) in [5.41, 5.74) is 5.13. The van der Waals surface area contributed by atoms with Crippen molar-refractivity contribution in [3.63, 3.8) is 0 Å². The van der Waals surface area contributed by atoms with Crippen LogP contribution in [0.1, 0.15) is 23.8 Å². The Morgan fingerprint density at radius 1 is 1.40 bits per heavy atom. The highest BCUT2D eigenvalue weighted by Gasteiger charge is 2.17. The van der Waals surface area contributed by atoms with Crippen LogP contribution in [0.15, 0.2) is 17.5 Å². The van der Waals surface area contributed by atoms with Crippen molar-refractivity contribution in [2.45, 2.75) is 18.9 Å². The summed E-state index contributed by atoms with van der Waals surface area (Å²) < 4.78 is 0. The molecule has 1 heterocycles. The van der Waals surface area contributed by atoms with Crippen molar-refractivity contribution in [2.75, 3.05) is 20.1 Å². The van der Waals surface area contributed by atoms with Crippen LogP contribution in [-0.2, 0) is 4.79 Å². The molecule has 0 saturated carbocycles. The fraction of sp³-hybridized carbons (Fsp3) is 0.500. The van der Waals surface area contributed by atoms with Crippen LogP contribution in [0.4, 0.5) is 4.79 Å². The summed E-state index contributed by atoms with van der Waals surface area (Å²) in [6, 6.07) is 2.77. The summed E-state index contributed by atoms with van der Waals surface area (Å²) in [5.74, 6) is -0.0942. The summed E-state index contributed by atoms with van der Waals surface area (Å²) in [7, 11) is 1.87. The van der Waals surface area contributed by atoms with Crippen molar-refractivity contribution in [3.8, 4) is 0 Å². The molecule has 20 heavy (non-hydrogen) atoms. The summed E-state index contributed by atoms with van der Waals surface area (Å²) in [4.78, 5) is 23.7. The average molecular weight is 321 g/mol. The molecule has 1 unspecified atom stereocenters. The second kappa shape index (κ2) is 10.5. The Morgan fingerprint density at radius 3 is 2.70 bits per heavy atom. The number of thiophene rings is 1. The lowest BCUT2D eigenvalue weighted by Crippen LogP contribution is -2.36. The number of carbonyl (C=O) groups is 2. The minimum absolute atomic E-state index is 0. The van der Waals surface area contributed by atoms with Gasteiger partial charge < -0.3 is 21.7 Å². The molecule has 0 saturated heterocycles. The molecule has 1 aromatic heterocycles. The van der Waals surface area contributed by atoms with E-state index in [4.69, 9.17) is 5.73 Å². The van der Waals surface area contributed by atoms with Gasteiger partial charge in [0.05, 0.1) is 12.5 Å². The van der Waals surface area contributed by atoms with Crippen LogP contribution < -0.4 is 21.7 Å². The number of amides is 3. The predicted molar refractivity (Wildman–Crippen MR) is 83.2 cm³/mol. The monoisotopic (exact) mass is 320 g/mol. The standard InChI is InChI=1S/C12H20N4O2S.ClH/c1-14-5-3-6-15-11(17)8-9(16-12(13)18)10-4-2-7-19-10;/h2,4,7,9,14H,3,5-6,8H2,1H3,(H,15,17)(H3,13,16,18);1H. The first kappa shape index (κ1) is 18.7. The largest absolute Gasteiger partial charge is 0.356 e. The highest BCUT2D eigenvalue weighted by Crippen LogP contribution is 2.21. The third-order valence-corrected chi connectivity index (χ3v) is 3.50. The van der Waals surface area contributed by atoms with Gasteiger partial charge in [-0.2, -0.15) is 0 Å². The van der Waals surface area contributed by atoms with Gasteiger partial charge in [0.15, 0.2) is 0 Å². The Hall–Kier alpha value is -1.31. The van der Waals surface area contributed by atoms with E-state index in [0.29, 0.717) is 6.54 Å². The second-order valence-corrected chi connectivity index (χ2v) is 5.07. The molecule has 0 aliphatic carbocycles. The third kappa shape index (κ3) is 7.32. The van der Waals surface area contributed by atoms with Gasteiger partial charge in [-0.05, 0) is 31.5 Å². The summed E-state index contributed by atoms with van der Waals surface area (Å²) in [6.07, 6.45) is 1.07. The van der Waals surface area contributed by atoms with Gasteiger partial charge in [0.25, 0.3) is 0 Å². The van der Waals surface area contributed by atoms with Crippen molar-refractivity contribution in [3.05, 3.63) is 22.4 Å². The zero-order valence-electron chi connectivity index (χ0n) is 11.3. The van der Waals surface area contributed by atoms with Crippen molar-refractivity contribution in [2.24, 2.45) is 5.73 Å². The van der Waals surface area contributed by atoms with Gasteiger partial charge in [0.2, 0.25) is 5.91 Å². The van der Waals surface area contributed by atoms with Gasteiger partial charge in [-0.1, -0.05) is 6.07 Å². The number of urea groups is 1. The van der Waals surface area contributed by atoms with E-state index in [1.807, 2.05) is 24.6 Å². The first-order valence-corrected chi connectivity index (χ1v) is 7.02. The molecule has 0 radical (unpaired) electrons. The van der Waals surface area contributed by atoms with E-state index >= 15 is 0 Å². The van der Waals surface area contributed by atoms with Crippen molar-refractivity contribution in [1.82, 2.24) is 16.0 Å². The maximum atomic E-state index is 11.8. The zero-order valence-corrected chi connectivity index (χ0v) is 13.0. The molecular weight excluding hydrogens is 300 g/mol. The maximum Gasteiger partial charge on any atom is 0.312 e. The van der Waals surface area contributed by atoms with E-state index in [1.54, 1.807) is 0 Å². The van der Waals surface area contributed by atoms with Gasteiger partial charge in [-0.15, -0.1) is 23.7 Å². The van der Waals surface area contributed by atoms with Gasteiger partial charge in [-0.25, -0.2) is 4.79 Å². The molecule has 0 bridgehead atoms. The number of hydrogen-bond donors (Lipinski definition) is 4. The Morgan fingerprint density at radius 2 is 2.15 bits per heavy atom. The molecule has 0 aliphatic heterocycles. The molecule has 5 N–H and O–H groups in total. The molecule has 114 valence electrons. The van der Waals surface area contributed by atoms with Gasteiger partial charge >= 0.3 is 6.03 Å². The number of carbonyl (C=O) groups excluding carboxylic acids is 2. The highest BCUT2D eigenvalue weighted by molar-refractivity contribution is 7.10. The first-order chi connectivity index (χ1) is 9.13. The molecular formula is C12H21ClN4O2S. The number of nitrogens with two attached hydrogens (primary N) is 1. The summed E-state index contributed by atoms with van der Waals surface area (Å²) in [5, 5.41) is 10.3. The minimum Gasteiger partial charge on any atom is -0.356 e. The van der Waals surface area contributed by atoms with E-state index in [1.165, 1.54) is 11.3 Å². The predicted octanol–water partition coefficient (Wildman–Crippen LogP) is 0.995. The normalized spacial score (nSPS) is 11.2. The topological polar surface area (TPSA) is 96.2 Å². The molecule has 0 fully saturated rings. The summed E-state index contributed by atoms with van der Waals surface area (Å²) in [6.45, 7) is 1.47. The number of nitrogens with one attached hydrogen (secondary N) is 3.